The summed E-state index contributed by atoms with van der Waals surface area (Å²) in [7, 11) is -2.43. The number of esters is 1. The molecule has 0 spiro atoms. The van der Waals surface area contributed by atoms with Crippen LogP contribution in [-0.4, -0.2) is 63.2 Å². The summed E-state index contributed by atoms with van der Waals surface area (Å²) < 4.78 is 50.2. The summed E-state index contributed by atoms with van der Waals surface area (Å²) in [6, 6.07) is 17.6. The molecule has 4 aromatic rings. The molecule has 3 heterocycles. The number of methoxy groups -OCH3 is 1. The second-order valence-electron chi connectivity index (χ2n) is 11.9. The number of hydrogen-bond donors (Lipinski definition) is 1. The normalized spacial score (nSPS) is 16.8. The summed E-state index contributed by atoms with van der Waals surface area (Å²) in [4.78, 5) is 31.7. The highest BCUT2D eigenvalue weighted by molar-refractivity contribution is 7.89. The van der Waals surface area contributed by atoms with Gasteiger partial charge in [-0.25, -0.2) is 18.2 Å². The summed E-state index contributed by atoms with van der Waals surface area (Å²) in [5.41, 5.74) is 4.71. The molecule has 3 aliphatic rings. The molecule has 1 N–H and O–H groups in total. The molecule has 1 amide bonds. The third-order valence-corrected chi connectivity index (χ3v) is 10.7. The molecule has 48 heavy (non-hydrogen) atoms. The number of amides is 1. The van der Waals surface area contributed by atoms with Gasteiger partial charge in [-0.3, -0.25) is 4.79 Å². The predicted octanol–water partition coefficient (Wildman–Crippen LogP) is 5.82. The minimum atomic E-state index is -3.83. The minimum absolute atomic E-state index is 0.0267. The van der Waals surface area contributed by atoms with Crippen molar-refractivity contribution < 1.29 is 37.0 Å². The number of carbonyl (C=O) groups is 2. The number of piperidine rings is 1. The average molecular weight is 670 g/mol. The van der Waals surface area contributed by atoms with Gasteiger partial charge in [0.05, 0.1) is 23.9 Å². The Hall–Kier alpha value is -4.94. The zero-order valence-electron chi connectivity index (χ0n) is 26.5. The van der Waals surface area contributed by atoms with Crippen LogP contribution < -0.4 is 19.5 Å². The summed E-state index contributed by atoms with van der Waals surface area (Å²) >= 11 is 0. The number of anilines is 1. The molecule has 1 fully saturated rings. The first-order valence-corrected chi connectivity index (χ1v) is 17.4. The largest absolute Gasteiger partial charge is 0.495 e. The van der Waals surface area contributed by atoms with Crippen LogP contribution in [0.5, 0.6) is 17.2 Å². The molecular weight excluding hydrogens is 634 g/mol. The van der Waals surface area contributed by atoms with Crippen molar-refractivity contribution >= 4 is 50.1 Å². The average Bonchev–Trinajstić information content (AvgIpc) is 3.58. The number of carbonyl (C=O) groups excluding carboxylic acids is 2. The number of ether oxygens (including phenoxy) is 4. The van der Waals surface area contributed by atoms with E-state index in [1.165, 1.54) is 23.5 Å². The van der Waals surface area contributed by atoms with Gasteiger partial charge in [0.15, 0.2) is 18.1 Å². The molecule has 3 aromatic carbocycles. The van der Waals surface area contributed by atoms with E-state index in [0.717, 1.165) is 54.5 Å². The highest BCUT2D eigenvalue weighted by Crippen LogP contribution is 2.38. The molecule has 0 bridgehead atoms. The third kappa shape index (κ3) is 6.20. The van der Waals surface area contributed by atoms with Crippen molar-refractivity contribution in [3.63, 3.8) is 0 Å². The van der Waals surface area contributed by atoms with E-state index in [-0.39, 0.29) is 23.1 Å². The zero-order valence-corrected chi connectivity index (χ0v) is 27.3. The fraction of sp³-hybridized carbons (Fsp3) is 0.306. The number of allylic oxidation sites excluding steroid dienone is 1. The second kappa shape index (κ2) is 13.3. The molecular formula is C36H35N3O8S. The Kier molecular flexibility index (Phi) is 8.76. The fourth-order valence-electron chi connectivity index (χ4n) is 6.51. The lowest BCUT2D eigenvalue weighted by atomic mass is 9.86. The van der Waals surface area contributed by atoms with Gasteiger partial charge in [0.2, 0.25) is 16.8 Å². The lowest BCUT2D eigenvalue weighted by Crippen LogP contribution is -2.35. The smallest absolute Gasteiger partial charge is 0.339 e. The standard InChI is InChI=1S/C36H35N3O8S/c1-44-30-15-13-25(20-32(30)48(42,43)39-16-5-2-6-17-39)37-33(40)21-45-36(41)34-26-9-3-4-11-28(26)38-35-24(8-7-10-27(34)35)18-23-12-14-29-31(19-23)47-22-46-29/h3-4,9,11-15,18-20H,2,5-8,10,16-17,21-22H2,1H3,(H,37,40). The van der Waals surface area contributed by atoms with Gasteiger partial charge in [-0.1, -0.05) is 30.7 Å². The number of pyridine rings is 1. The number of nitrogens with zero attached hydrogens (tertiary/aromatic N) is 2. The van der Waals surface area contributed by atoms with E-state index < -0.39 is 28.5 Å². The van der Waals surface area contributed by atoms with Crippen molar-refractivity contribution in [2.75, 3.05) is 38.9 Å². The number of sulfonamides is 1. The van der Waals surface area contributed by atoms with Gasteiger partial charge >= 0.3 is 5.97 Å². The monoisotopic (exact) mass is 669 g/mol. The van der Waals surface area contributed by atoms with Gasteiger partial charge in [0, 0.05) is 24.2 Å². The van der Waals surface area contributed by atoms with Gasteiger partial charge < -0.3 is 24.3 Å². The maximum atomic E-state index is 13.7. The maximum Gasteiger partial charge on any atom is 0.339 e. The lowest BCUT2D eigenvalue weighted by Gasteiger charge is -2.26. The number of benzene rings is 3. The van der Waals surface area contributed by atoms with Crippen molar-refractivity contribution in [1.82, 2.24) is 9.29 Å². The predicted molar refractivity (Wildman–Crippen MR) is 180 cm³/mol. The molecule has 0 atom stereocenters. The van der Waals surface area contributed by atoms with Crippen LogP contribution in [0.25, 0.3) is 22.6 Å². The van der Waals surface area contributed by atoms with Crippen molar-refractivity contribution in [2.45, 2.75) is 43.4 Å². The molecule has 1 saturated heterocycles. The van der Waals surface area contributed by atoms with Gasteiger partial charge in [-0.15, -0.1) is 0 Å². The number of rotatable bonds is 8. The van der Waals surface area contributed by atoms with Crippen molar-refractivity contribution in [1.29, 1.82) is 0 Å². The topological polar surface area (TPSA) is 133 Å². The third-order valence-electron chi connectivity index (χ3n) is 8.83. The second-order valence-corrected chi connectivity index (χ2v) is 13.8. The van der Waals surface area contributed by atoms with Crippen LogP contribution in [0.15, 0.2) is 65.6 Å². The van der Waals surface area contributed by atoms with Crippen LogP contribution in [0.4, 0.5) is 5.69 Å². The SMILES string of the molecule is COc1ccc(NC(=O)COC(=O)c2c3c(nc4ccccc24)C(=Cc2ccc4c(c2)OCO4)CCC3)cc1S(=O)(=O)N1CCCCC1. The Bertz CT molecular complexity index is 2050. The van der Waals surface area contributed by atoms with Crippen molar-refractivity contribution in [3.8, 4) is 17.2 Å². The fourth-order valence-corrected chi connectivity index (χ4v) is 8.21. The first-order chi connectivity index (χ1) is 23.3. The number of para-hydroxylation sites is 1. The van der Waals surface area contributed by atoms with E-state index in [9.17, 15) is 18.0 Å². The minimum Gasteiger partial charge on any atom is -0.495 e. The van der Waals surface area contributed by atoms with Crippen LogP contribution in [0.2, 0.25) is 0 Å². The van der Waals surface area contributed by atoms with E-state index >= 15 is 0 Å². The Labute approximate surface area is 278 Å². The molecule has 11 nitrogen and oxygen atoms in total. The van der Waals surface area contributed by atoms with Gasteiger partial charge in [0.25, 0.3) is 5.91 Å². The summed E-state index contributed by atoms with van der Waals surface area (Å²) in [5, 5.41) is 3.32. The maximum absolute atomic E-state index is 13.7. The van der Waals surface area contributed by atoms with Crippen LogP contribution in [0, 0.1) is 0 Å². The Morgan fingerprint density at radius 2 is 1.77 bits per heavy atom. The lowest BCUT2D eigenvalue weighted by molar-refractivity contribution is -0.119. The van der Waals surface area contributed by atoms with E-state index in [2.05, 4.69) is 11.4 Å². The molecule has 0 saturated carbocycles. The van der Waals surface area contributed by atoms with E-state index in [1.54, 1.807) is 6.07 Å². The molecule has 1 aromatic heterocycles. The molecule has 1 aliphatic carbocycles. The highest BCUT2D eigenvalue weighted by atomic mass is 32.2. The zero-order chi connectivity index (χ0) is 33.3. The first kappa shape index (κ1) is 31.6. The number of nitrogens with one attached hydrogen (secondary N) is 1. The first-order valence-electron chi connectivity index (χ1n) is 16.0. The Morgan fingerprint density at radius 3 is 2.60 bits per heavy atom. The van der Waals surface area contributed by atoms with Gasteiger partial charge in [-0.2, -0.15) is 4.31 Å². The summed E-state index contributed by atoms with van der Waals surface area (Å²) in [5.74, 6) is 0.336. The van der Waals surface area contributed by atoms with Crippen LogP contribution in [0.1, 0.15) is 59.3 Å². The molecule has 0 unspecified atom stereocenters. The van der Waals surface area contributed by atoms with Crippen LogP contribution in [0.3, 0.4) is 0 Å². The van der Waals surface area contributed by atoms with Crippen molar-refractivity contribution in [2.24, 2.45) is 0 Å². The van der Waals surface area contributed by atoms with E-state index in [4.69, 9.17) is 23.9 Å². The van der Waals surface area contributed by atoms with Gasteiger partial charge in [0.1, 0.15) is 10.6 Å². The number of aromatic nitrogens is 1. The van der Waals surface area contributed by atoms with E-state index in [0.29, 0.717) is 47.5 Å². The van der Waals surface area contributed by atoms with E-state index in [1.807, 2.05) is 42.5 Å². The molecule has 0 radical (unpaired) electrons. The van der Waals surface area contributed by atoms with Crippen LogP contribution >= 0.6 is 0 Å². The Balaban J connectivity index is 1.12. The highest BCUT2D eigenvalue weighted by Gasteiger charge is 2.30. The summed E-state index contributed by atoms with van der Waals surface area (Å²) in [6.45, 7) is 0.490. The molecule has 12 heteroatoms. The molecule has 248 valence electrons. The molecule has 7 rings (SSSR count). The number of hydrogen-bond acceptors (Lipinski definition) is 9. The molecule has 2 aliphatic heterocycles. The van der Waals surface area contributed by atoms with Crippen LogP contribution in [-0.2, 0) is 26.0 Å². The Morgan fingerprint density at radius 1 is 0.958 bits per heavy atom. The quantitative estimate of drug-likeness (QED) is 0.231. The summed E-state index contributed by atoms with van der Waals surface area (Å²) in [6.07, 6.45) is 6.83. The number of fused-ring (bicyclic) bond motifs is 3. The van der Waals surface area contributed by atoms with Gasteiger partial charge in [-0.05, 0) is 91.3 Å². The van der Waals surface area contributed by atoms with Crippen molar-refractivity contribution in [3.05, 3.63) is 83.0 Å².